The first kappa shape index (κ1) is 18.0. The molecule has 0 rings (SSSR count). The van der Waals surface area contributed by atoms with E-state index in [9.17, 15) is 4.79 Å². The first-order chi connectivity index (χ1) is 16.1. The maximum absolute atomic E-state index is 10.6. The van der Waals surface area contributed by atoms with Crippen LogP contribution in [0.1, 0.15) is 114 Å². The number of rotatable bonds is 15. The maximum atomic E-state index is 10.6. The molecule has 2 nitrogen and oxygen atoms in total. The summed E-state index contributed by atoms with van der Waals surface area (Å²) in [4.78, 5) is 10.6. The fourth-order valence-corrected chi connectivity index (χ4v) is 2.91. The first-order valence-corrected chi connectivity index (χ1v) is 10.7. The summed E-state index contributed by atoms with van der Waals surface area (Å²) in [7, 11) is 0. The number of carboxylic acids is 1. The van der Waals surface area contributed by atoms with Crippen LogP contribution in [0.15, 0.2) is 58.2 Å². The molecule has 0 bridgehead atoms. The molecule has 0 amide bonds. The number of allylic oxidation sites excluding steroid dienone is 10. The fourth-order valence-electron chi connectivity index (χ4n) is 2.91. The molecular formula is C27H44O2. The van der Waals surface area contributed by atoms with Crippen LogP contribution in [0.25, 0.3) is 0 Å². The van der Waals surface area contributed by atoms with Crippen LogP contribution >= 0.6 is 0 Å². The average molecular weight is 407 g/mol. The van der Waals surface area contributed by atoms with E-state index in [1.165, 1.54) is 17.2 Å². The highest BCUT2D eigenvalue weighted by Gasteiger charge is 1.97. The number of carboxylic acid groups (broad SMARTS) is 1. The molecule has 0 aliphatic rings. The highest BCUT2D eigenvalue weighted by atomic mass is 16.4. The second-order valence-electron chi connectivity index (χ2n) is 7.91. The van der Waals surface area contributed by atoms with Crippen molar-refractivity contribution in [3.8, 4) is 0 Å². The van der Waals surface area contributed by atoms with Gasteiger partial charge in [-0.1, -0.05) is 58.2 Å². The van der Waals surface area contributed by atoms with Crippen molar-refractivity contribution in [1.82, 2.24) is 0 Å². The van der Waals surface area contributed by atoms with Crippen molar-refractivity contribution in [3.63, 3.8) is 0 Å². The van der Waals surface area contributed by atoms with E-state index in [0.29, 0.717) is 19.3 Å². The number of carbonyl (C=O) groups is 1. The molecule has 0 unspecified atom stereocenters. The summed E-state index contributed by atoms with van der Waals surface area (Å²) < 4.78 is 44.5. The Kier molecular flexibility index (Phi) is 10.6. The minimum atomic E-state index is -2.59. The third kappa shape index (κ3) is 19.3. The van der Waals surface area contributed by atoms with Gasteiger partial charge in [-0.25, -0.2) is 0 Å². The Hall–Kier alpha value is -1.83. The predicted molar refractivity (Wildman–Crippen MR) is 128 cm³/mol. The fraction of sp³-hybridized carbons (Fsp3) is 0.593. The van der Waals surface area contributed by atoms with Crippen LogP contribution in [0.5, 0.6) is 0 Å². The van der Waals surface area contributed by atoms with Gasteiger partial charge in [0.05, 0.1) is 0 Å². The lowest BCUT2D eigenvalue weighted by Gasteiger charge is -2.02. The van der Waals surface area contributed by atoms with Gasteiger partial charge in [0.25, 0.3) is 0 Å². The topological polar surface area (TPSA) is 37.3 Å². The molecule has 2 heteroatoms. The van der Waals surface area contributed by atoms with Crippen LogP contribution in [0.3, 0.4) is 0 Å². The standard InChI is InChI=1S/C27H44O2/c1-22(2)12-9-15-25(5)18-10-16-23(3)13-7-8-14-24(4)17-11-19-26(6)20-21-27(28)29/h12-14,18-19H,7-11,15-17,20-21H2,1-6H3,(H,28,29)/b23-13+,24-14+,25-18+,26-19+/i1D3,2D3. The molecule has 0 aromatic rings. The zero-order chi connectivity index (χ0) is 27.1. The summed E-state index contributed by atoms with van der Waals surface area (Å²) >= 11 is 0. The molecule has 0 aromatic heterocycles. The van der Waals surface area contributed by atoms with Crippen molar-refractivity contribution in [2.75, 3.05) is 0 Å². The molecule has 0 heterocycles. The smallest absolute Gasteiger partial charge is 0.303 e. The van der Waals surface area contributed by atoms with Gasteiger partial charge in [0.15, 0.2) is 0 Å². The lowest BCUT2D eigenvalue weighted by Crippen LogP contribution is -1.94. The van der Waals surface area contributed by atoms with Gasteiger partial charge in [-0.05, 0) is 99.2 Å². The molecule has 0 saturated carbocycles. The molecular weight excluding hydrogens is 356 g/mol. The molecule has 0 aromatic carbocycles. The van der Waals surface area contributed by atoms with E-state index in [4.69, 9.17) is 13.3 Å². The molecule has 0 spiro atoms. The van der Waals surface area contributed by atoms with Crippen molar-refractivity contribution in [3.05, 3.63) is 58.2 Å². The zero-order valence-electron chi connectivity index (χ0n) is 24.8. The SMILES string of the molecule is [2H]C([2H])([2H])C(=CCC/C(C)=C/CC/C(C)=C/CC/C=C(\C)CC/C=C(\C)CCC(=O)O)C([2H])([2H])[2H]. The highest BCUT2D eigenvalue weighted by molar-refractivity contribution is 5.66. The number of aliphatic carboxylic acids is 1. The van der Waals surface area contributed by atoms with Crippen LogP contribution in [-0.4, -0.2) is 11.1 Å². The van der Waals surface area contributed by atoms with Crippen molar-refractivity contribution in [1.29, 1.82) is 0 Å². The Morgan fingerprint density at radius 3 is 1.41 bits per heavy atom. The van der Waals surface area contributed by atoms with Gasteiger partial charge in [0.1, 0.15) is 0 Å². The van der Waals surface area contributed by atoms with Crippen molar-refractivity contribution in [2.24, 2.45) is 0 Å². The third-order valence-electron chi connectivity index (χ3n) is 4.84. The van der Waals surface area contributed by atoms with Crippen molar-refractivity contribution >= 4 is 5.97 Å². The summed E-state index contributed by atoms with van der Waals surface area (Å²) in [5, 5.41) is 8.72. The van der Waals surface area contributed by atoms with Crippen LogP contribution in [0.2, 0.25) is 0 Å². The summed E-state index contributed by atoms with van der Waals surface area (Å²) in [6, 6.07) is 0. The second kappa shape index (κ2) is 17.1. The number of hydrogen-bond donors (Lipinski definition) is 1. The maximum Gasteiger partial charge on any atom is 0.303 e. The lowest BCUT2D eigenvalue weighted by molar-refractivity contribution is -0.136. The summed E-state index contributed by atoms with van der Waals surface area (Å²) in [5.41, 5.74) is 4.52. The molecule has 0 saturated heterocycles. The van der Waals surface area contributed by atoms with E-state index < -0.39 is 25.2 Å². The Balaban J connectivity index is 4.35. The second-order valence-corrected chi connectivity index (χ2v) is 7.91. The van der Waals surface area contributed by atoms with Gasteiger partial charge < -0.3 is 5.11 Å². The summed E-state index contributed by atoms with van der Waals surface area (Å²) in [6.45, 7) is 3.08. The lowest BCUT2D eigenvalue weighted by atomic mass is 10.0. The van der Waals surface area contributed by atoms with Crippen LogP contribution in [-0.2, 0) is 4.79 Å². The van der Waals surface area contributed by atoms with Gasteiger partial charge in [-0.2, -0.15) is 0 Å². The molecule has 0 aliphatic carbocycles. The van der Waals surface area contributed by atoms with E-state index in [-0.39, 0.29) is 6.42 Å². The minimum Gasteiger partial charge on any atom is -0.481 e. The normalized spacial score (nSPS) is 17.5. The Morgan fingerprint density at radius 1 is 0.621 bits per heavy atom. The molecule has 0 radical (unpaired) electrons. The third-order valence-corrected chi connectivity index (χ3v) is 4.84. The largest absolute Gasteiger partial charge is 0.481 e. The Bertz CT molecular complexity index is 793. The van der Waals surface area contributed by atoms with E-state index in [1.54, 1.807) is 0 Å². The zero-order valence-corrected chi connectivity index (χ0v) is 18.8. The van der Waals surface area contributed by atoms with E-state index in [0.717, 1.165) is 49.7 Å². The molecule has 1 N–H and O–H groups in total. The monoisotopic (exact) mass is 406 g/mol. The number of hydrogen-bond acceptors (Lipinski definition) is 1. The Labute approximate surface area is 188 Å². The molecule has 0 fully saturated rings. The first-order valence-electron chi connectivity index (χ1n) is 13.7. The quantitative estimate of drug-likeness (QED) is 0.218. The van der Waals surface area contributed by atoms with Crippen molar-refractivity contribution in [2.45, 2.75) is 106 Å². The summed E-state index contributed by atoms with van der Waals surface area (Å²) in [5.74, 6) is -0.754. The minimum absolute atomic E-state index is 0.190. The van der Waals surface area contributed by atoms with Crippen molar-refractivity contribution < 1.29 is 18.1 Å². The van der Waals surface area contributed by atoms with Crippen LogP contribution in [0.4, 0.5) is 0 Å². The van der Waals surface area contributed by atoms with Crippen LogP contribution < -0.4 is 0 Å². The highest BCUT2D eigenvalue weighted by Crippen LogP contribution is 2.14. The van der Waals surface area contributed by atoms with E-state index in [2.05, 4.69) is 38.2 Å². The molecule has 0 aliphatic heterocycles. The van der Waals surface area contributed by atoms with Gasteiger partial charge >= 0.3 is 5.97 Å². The van der Waals surface area contributed by atoms with Gasteiger partial charge in [0, 0.05) is 14.6 Å². The Morgan fingerprint density at radius 2 is 1.00 bits per heavy atom. The predicted octanol–water partition coefficient (Wildman–Crippen LogP) is 8.72. The average Bonchev–Trinajstić information content (AvgIpc) is 2.71. The molecule has 29 heavy (non-hydrogen) atoms. The van der Waals surface area contributed by atoms with E-state index in [1.807, 2.05) is 13.8 Å². The molecule has 164 valence electrons. The molecule has 0 atom stereocenters. The van der Waals surface area contributed by atoms with Gasteiger partial charge in [0.2, 0.25) is 0 Å². The number of unbranched alkanes of at least 4 members (excludes halogenated alkanes) is 1. The van der Waals surface area contributed by atoms with Gasteiger partial charge in [-0.3, -0.25) is 4.79 Å². The van der Waals surface area contributed by atoms with E-state index >= 15 is 0 Å². The summed E-state index contributed by atoms with van der Waals surface area (Å²) in [6.07, 6.45) is 17.8. The van der Waals surface area contributed by atoms with Crippen LogP contribution in [0, 0.1) is 0 Å². The van der Waals surface area contributed by atoms with Gasteiger partial charge in [-0.15, -0.1) is 0 Å².